The number of hydrogen-bond donors (Lipinski definition) is 1. The smallest absolute Gasteiger partial charge is 0.147 e. The molecule has 1 aromatic heterocycles. The Labute approximate surface area is 104 Å². The summed E-state index contributed by atoms with van der Waals surface area (Å²) in [6.45, 7) is 6.20. The van der Waals surface area contributed by atoms with Crippen LogP contribution in [0.1, 0.15) is 50.2 Å². The van der Waals surface area contributed by atoms with E-state index in [0.717, 1.165) is 24.2 Å². The van der Waals surface area contributed by atoms with Crippen molar-refractivity contribution in [2.75, 3.05) is 6.54 Å². The molecule has 0 saturated heterocycles. The van der Waals surface area contributed by atoms with E-state index in [2.05, 4.69) is 15.4 Å². The molecule has 4 nitrogen and oxygen atoms in total. The molecule has 1 heterocycles. The molecule has 1 aliphatic rings. The first-order valence-corrected chi connectivity index (χ1v) is 6.87. The Kier molecular flexibility index (Phi) is 4.54. The summed E-state index contributed by atoms with van der Waals surface area (Å²) in [4.78, 5) is 4.31. The Bertz CT molecular complexity index is 341. The Balaban J connectivity index is 1.49. The van der Waals surface area contributed by atoms with Gasteiger partial charge in [-0.2, -0.15) is 5.10 Å². The minimum atomic E-state index is 0.857. The molecule has 1 aromatic rings. The summed E-state index contributed by atoms with van der Waals surface area (Å²) in [5, 5.41) is 7.92. The highest BCUT2D eigenvalue weighted by Crippen LogP contribution is 2.18. The van der Waals surface area contributed by atoms with Gasteiger partial charge in [-0.05, 0) is 46.1 Å². The number of aromatic nitrogens is 3. The van der Waals surface area contributed by atoms with Gasteiger partial charge in [0.1, 0.15) is 11.6 Å². The monoisotopic (exact) mass is 236 g/mol. The molecule has 17 heavy (non-hydrogen) atoms. The second-order valence-corrected chi connectivity index (χ2v) is 5.07. The van der Waals surface area contributed by atoms with Gasteiger partial charge in [-0.25, -0.2) is 4.98 Å². The Hall–Kier alpha value is -0.900. The molecule has 1 saturated carbocycles. The summed E-state index contributed by atoms with van der Waals surface area (Å²) in [6, 6.07) is 0.857. The fourth-order valence-electron chi connectivity index (χ4n) is 2.11. The molecule has 0 unspecified atom stereocenters. The lowest BCUT2D eigenvalue weighted by Gasteiger charge is -2.04. The predicted molar refractivity (Wildman–Crippen MR) is 69.0 cm³/mol. The van der Waals surface area contributed by atoms with Crippen LogP contribution in [0.25, 0.3) is 0 Å². The molecule has 1 fully saturated rings. The number of nitrogens with zero attached hydrogens (tertiary/aromatic N) is 3. The van der Waals surface area contributed by atoms with Crippen molar-refractivity contribution in [2.24, 2.45) is 0 Å². The third-order valence-electron chi connectivity index (χ3n) is 3.27. The van der Waals surface area contributed by atoms with E-state index in [-0.39, 0.29) is 0 Å². The van der Waals surface area contributed by atoms with Crippen LogP contribution in [0.3, 0.4) is 0 Å². The van der Waals surface area contributed by atoms with Crippen LogP contribution in [-0.4, -0.2) is 27.4 Å². The van der Waals surface area contributed by atoms with Crippen molar-refractivity contribution >= 4 is 0 Å². The van der Waals surface area contributed by atoms with E-state index in [9.17, 15) is 0 Å². The first-order valence-electron chi connectivity index (χ1n) is 6.87. The second kappa shape index (κ2) is 6.15. The minimum absolute atomic E-state index is 0.857. The normalized spacial score (nSPS) is 15.4. The van der Waals surface area contributed by atoms with E-state index < -0.39 is 0 Å². The summed E-state index contributed by atoms with van der Waals surface area (Å²) in [5.74, 6) is 1.93. The molecule has 0 amide bonds. The van der Waals surface area contributed by atoms with Crippen LogP contribution in [0, 0.1) is 13.8 Å². The van der Waals surface area contributed by atoms with Gasteiger partial charge in [0, 0.05) is 12.6 Å². The lowest BCUT2D eigenvalue weighted by Crippen LogP contribution is -2.17. The average molecular weight is 236 g/mol. The molecule has 0 atom stereocenters. The highest BCUT2D eigenvalue weighted by atomic mass is 15.3. The largest absolute Gasteiger partial charge is 0.314 e. The number of aryl methyl sites for hydroxylation is 3. The van der Waals surface area contributed by atoms with Crippen LogP contribution in [0.4, 0.5) is 0 Å². The fourth-order valence-corrected chi connectivity index (χ4v) is 2.11. The van der Waals surface area contributed by atoms with Crippen molar-refractivity contribution in [2.45, 2.75) is 65.0 Å². The van der Waals surface area contributed by atoms with Gasteiger partial charge in [0.05, 0.1) is 0 Å². The zero-order valence-electron chi connectivity index (χ0n) is 11.1. The van der Waals surface area contributed by atoms with Gasteiger partial charge in [0.15, 0.2) is 0 Å². The molecule has 0 spiro atoms. The summed E-state index contributed by atoms with van der Waals surface area (Å²) in [6.07, 6.45) is 7.94. The Morgan fingerprint density at radius 2 is 1.94 bits per heavy atom. The summed E-state index contributed by atoms with van der Waals surface area (Å²) in [7, 11) is 0. The third-order valence-corrected chi connectivity index (χ3v) is 3.27. The van der Waals surface area contributed by atoms with E-state index in [4.69, 9.17) is 0 Å². The highest BCUT2D eigenvalue weighted by molar-refractivity contribution is 4.87. The molecule has 2 rings (SSSR count). The van der Waals surface area contributed by atoms with Gasteiger partial charge in [0.2, 0.25) is 0 Å². The van der Waals surface area contributed by atoms with Crippen LogP contribution < -0.4 is 5.32 Å². The van der Waals surface area contributed by atoms with Gasteiger partial charge < -0.3 is 5.32 Å². The number of unbranched alkanes of at least 4 members (excludes halogenated alkanes) is 3. The van der Waals surface area contributed by atoms with Crippen LogP contribution in [0.2, 0.25) is 0 Å². The third kappa shape index (κ3) is 4.46. The maximum atomic E-state index is 4.37. The van der Waals surface area contributed by atoms with Crippen LogP contribution in [-0.2, 0) is 6.54 Å². The Morgan fingerprint density at radius 3 is 2.59 bits per heavy atom. The Morgan fingerprint density at radius 1 is 1.18 bits per heavy atom. The molecule has 0 bridgehead atoms. The van der Waals surface area contributed by atoms with Crippen molar-refractivity contribution in [3.05, 3.63) is 11.6 Å². The lowest BCUT2D eigenvalue weighted by atomic mass is 10.2. The van der Waals surface area contributed by atoms with Crippen LogP contribution in [0.15, 0.2) is 0 Å². The van der Waals surface area contributed by atoms with Crippen molar-refractivity contribution in [1.29, 1.82) is 0 Å². The topological polar surface area (TPSA) is 42.7 Å². The van der Waals surface area contributed by atoms with Gasteiger partial charge in [-0.1, -0.05) is 12.8 Å². The molecule has 1 N–H and O–H groups in total. The zero-order valence-corrected chi connectivity index (χ0v) is 11.1. The maximum Gasteiger partial charge on any atom is 0.147 e. The van der Waals surface area contributed by atoms with Crippen LogP contribution >= 0.6 is 0 Å². The molecule has 4 heteroatoms. The number of hydrogen-bond acceptors (Lipinski definition) is 3. The SMILES string of the molecule is Cc1nc(C)n(CCCCCCNC2CC2)n1. The average Bonchev–Trinajstić information content (AvgIpc) is 3.04. The molecule has 0 aliphatic heterocycles. The number of nitrogens with one attached hydrogen (secondary N) is 1. The first-order chi connectivity index (χ1) is 8.25. The van der Waals surface area contributed by atoms with Gasteiger partial charge in [0.25, 0.3) is 0 Å². The lowest BCUT2D eigenvalue weighted by molar-refractivity contribution is 0.514. The van der Waals surface area contributed by atoms with Gasteiger partial charge >= 0.3 is 0 Å². The molecule has 96 valence electrons. The van der Waals surface area contributed by atoms with E-state index in [1.165, 1.54) is 45.1 Å². The fraction of sp³-hybridized carbons (Fsp3) is 0.846. The minimum Gasteiger partial charge on any atom is -0.314 e. The molecule has 1 aliphatic carbocycles. The summed E-state index contributed by atoms with van der Waals surface area (Å²) in [5.41, 5.74) is 0. The van der Waals surface area contributed by atoms with Crippen molar-refractivity contribution in [3.63, 3.8) is 0 Å². The standard InChI is InChI=1S/C13H24N4/c1-11-15-12(2)17(16-11)10-6-4-3-5-9-14-13-7-8-13/h13-14H,3-10H2,1-2H3. The van der Waals surface area contributed by atoms with Crippen molar-refractivity contribution in [1.82, 2.24) is 20.1 Å². The van der Waals surface area contributed by atoms with E-state index in [1.54, 1.807) is 0 Å². The highest BCUT2D eigenvalue weighted by Gasteiger charge is 2.19. The van der Waals surface area contributed by atoms with Gasteiger partial charge in [-0.15, -0.1) is 0 Å². The first kappa shape index (κ1) is 12.6. The summed E-state index contributed by atoms with van der Waals surface area (Å²) < 4.78 is 2.03. The van der Waals surface area contributed by atoms with Gasteiger partial charge in [-0.3, -0.25) is 4.68 Å². The predicted octanol–water partition coefficient (Wildman–Crippen LogP) is 2.21. The quantitative estimate of drug-likeness (QED) is 0.704. The zero-order chi connectivity index (χ0) is 12.1. The van der Waals surface area contributed by atoms with E-state index in [1.807, 2.05) is 18.5 Å². The maximum absolute atomic E-state index is 4.37. The van der Waals surface area contributed by atoms with E-state index in [0.29, 0.717) is 0 Å². The molecular formula is C13H24N4. The van der Waals surface area contributed by atoms with Crippen LogP contribution in [0.5, 0.6) is 0 Å². The second-order valence-electron chi connectivity index (χ2n) is 5.07. The molecular weight excluding hydrogens is 212 g/mol. The van der Waals surface area contributed by atoms with E-state index >= 15 is 0 Å². The van der Waals surface area contributed by atoms with Crippen molar-refractivity contribution < 1.29 is 0 Å². The summed E-state index contributed by atoms with van der Waals surface area (Å²) >= 11 is 0. The van der Waals surface area contributed by atoms with Crippen molar-refractivity contribution in [3.8, 4) is 0 Å². The molecule has 0 radical (unpaired) electrons. The molecule has 0 aromatic carbocycles. The number of rotatable bonds is 8.